The minimum atomic E-state index is 0.722. The molecule has 2 aromatic rings. The SMILES string of the molecule is c1nc(C2CC2)cc2sc(N3CCC(N4CCCCC4)CC3)nc12. The second-order valence-corrected chi connectivity index (χ2v) is 8.67. The van der Waals surface area contributed by atoms with E-state index >= 15 is 0 Å². The Labute approximate surface area is 147 Å². The van der Waals surface area contributed by atoms with Gasteiger partial charge in [-0.3, -0.25) is 4.98 Å². The van der Waals surface area contributed by atoms with Crippen molar-refractivity contribution in [2.75, 3.05) is 31.1 Å². The highest BCUT2D eigenvalue weighted by molar-refractivity contribution is 7.22. The molecular formula is C19H26N4S. The Morgan fingerprint density at radius 3 is 2.50 bits per heavy atom. The van der Waals surface area contributed by atoms with Gasteiger partial charge in [-0.2, -0.15) is 0 Å². The fourth-order valence-electron chi connectivity index (χ4n) is 4.28. The number of piperidine rings is 2. The maximum absolute atomic E-state index is 4.86. The van der Waals surface area contributed by atoms with Crippen molar-refractivity contribution in [2.45, 2.75) is 56.9 Å². The standard InChI is InChI=1S/C19H26N4S/c1-2-8-22(9-3-1)15-6-10-23(11-7-15)19-21-17-13-20-16(14-4-5-14)12-18(17)24-19/h12-15H,1-11H2. The molecule has 0 aromatic carbocycles. The second-order valence-electron chi connectivity index (χ2n) is 7.66. The molecule has 4 heterocycles. The normalized spacial score (nSPS) is 23.9. The summed E-state index contributed by atoms with van der Waals surface area (Å²) in [5.74, 6) is 0.722. The summed E-state index contributed by atoms with van der Waals surface area (Å²) in [6.45, 7) is 4.95. The number of rotatable bonds is 3. The Morgan fingerprint density at radius 2 is 1.75 bits per heavy atom. The molecule has 2 aliphatic heterocycles. The summed E-state index contributed by atoms with van der Waals surface area (Å²) in [6, 6.07) is 3.09. The number of thiazole rings is 1. The average Bonchev–Trinajstić information content (AvgIpc) is 3.41. The van der Waals surface area contributed by atoms with Crippen LogP contribution >= 0.6 is 11.3 Å². The van der Waals surface area contributed by atoms with Gasteiger partial charge >= 0.3 is 0 Å². The lowest BCUT2D eigenvalue weighted by atomic mass is 10.0. The molecular weight excluding hydrogens is 316 g/mol. The maximum atomic E-state index is 4.86. The van der Waals surface area contributed by atoms with E-state index < -0.39 is 0 Å². The molecule has 0 spiro atoms. The molecule has 1 saturated carbocycles. The summed E-state index contributed by atoms with van der Waals surface area (Å²) >= 11 is 1.86. The van der Waals surface area contributed by atoms with E-state index in [4.69, 9.17) is 4.98 Å². The van der Waals surface area contributed by atoms with Gasteiger partial charge in [0.25, 0.3) is 0 Å². The molecule has 2 aromatic heterocycles. The zero-order valence-electron chi connectivity index (χ0n) is 14.3. The largest absolute Gasteiger partial charge is 0.348 e. The Hall–Kier alpha value is -1.20. The Kier molecular flexibility index (Phi) is 3.94. The number of hydrogen-bond donors (Lipinski definition) is 0. The molecule has 0 atom stereocenters. The van der Waals surface area contributed by atoms with Gasteiger partial charge in [0, 0.05) is 30.7 Å². The van der Waals surface area contributed by atoms with Crippen molar-refractivity contribution >= 4 is 26.7 Å². The lowest BCUT2D eigenvalue weighted by molar-refractivity contribution is 0.141. The van der Waals surface area contributed by atoms with Crippen molar-refractivity contribution in [1.82, 2.24) is 14.9 Å². The smallest absolute Gasteiger partial charge is 0.186 e. The van der Waals surface area contributed by atoms with Crippen molar-refractivity contribution in [3.05, 3.63) is 18.0 Å². The van der Waals surface area contributed by atoms with Crippen LogP contribution in [0.2, 0.25) is 0 Å². The summed E-state index contributed by atoms with van der Waals surface area (Å²) < 4.78 is 1.32. The lowest BCUT2D eigenvalue weighted by Gasteiger charge is -2.40. The van der Waals surface area contributed by atoms with Gasteiger partial charge in [-0.15, -0.1) is 0 Å². The van der Waals surface area contributed by atoms with E-state index in [9.17, 15) is 0 Å². The van der Waals surface area contributed by atoms with Crippen molar-refractivity contribution < 1.29 is 0 Å². The number of aromatic nitrogens is 2. The molecule has 3 aliphatic rings. The van der Waals surface area contributed by atoms with E-state index in [1.807, 2.05) is 17.5 Å². The summed E-state index contributed by atoms with van der Waals surface area (Å²) in [7, 11) is 0. The number of pyridine rings is 1. The van der Waals surface area contributed by atoms with Gasteiger partial charge in [0.15, 0.2) is 5.13 Å². The molecule has 4 nitrogen and oxygen atoms in total. The molecule has 1 aliphatic carbocycles. The number of fused-ring (bicyclic) bond motifs is 1. The fraction of sp³-hybridized carbons (Fsp3) is 0.684. The molecule has 0 unspecified atom stereocenters. The first-order chi connectivity index (χ1) is 11.9. The zero-order chi connectivity index (χ0) is 15.9. The van der Waals surface area contributed by atoms with E-state index in [-0.39, 0.29) is 0 Å². The van der Waals surface area contributed by atoms with Gasteiger partial charge in [0.1, 0.15) is 5.52 Å². The highest BCUT2D eigenvalue weighted by Crippen LogP contribution is 2.41. The Morgan fingerprint density at radius 1 is 0.958 bits per heavy atom. The van der Waals surface area contributed by atoms with Crippen molar-refractivity contribution in [3.63, 3.8) is 0 Å². The van der Waals surface area contributed by atoms with Gasteiger partial charge in [-0.25, -0.2) is 4.98 Å². The predicted octanol–water partition coefficient (Wildman–Crippen LogP) is 4.02. The van der Waals surface area contributed by atoms with Gasteiger partial charge in [0.2, 0.25) is 0 Å². The first-order valence-electron chi connectivity index (χ1n) is 9.62. The third kappa shape index (κ3) is 2.93. The van der Waals surface area contributed by atoms with E-state index in [1.165, 1.54) is 73.6 Å². The molecule has 5 heteroatoms. The van der Waals surface area contributed by atoms with E-state index in [1.54, 1.807) is 0 Å². The van der Waals surface area contributed by atoms with E-state index in [0.717, 1.165) is 30.6 Å². The molecule has 0 N–H and O–H groups in total. The van der Waals surface area contributed by atoms with Gasteiger partial charge in [-0.1, -0.05) is 17.8 Å². The minimum Gasteiger partial charge on any atom is -0.348 e. The molecule has 3 fully saturated rings. The second kappa shape index (κ2) is 6.26. The van der Waals surface area contributed by atoms with Gasteiger partial charge in [0.05, 0.1) is 10.9 Å². The molecule has 2 saturated heterocycles. The number of likely N-dealkylation sites (tertiary alicyclic amines) is 1. The van der Waals surface area contributed by atoms with Crippen LogP contribution in [0.15, 0.2) is 12.3 Å². The molecule has 0 radical (unpaired) electrons. The van der Waals surface area contributed by atoms with Crippen molar-refractivity contribution in [2.24, 2.45) is 0 Å². The Bertz CT molecular complexity index is 709. The predicted molar refractivity (Wildman–Crippen MR) is 100 cm³/mol. The van der Waals surface area contributed by atoms with Crippen LogP contribution in [0.5, 0.6) is 0 Å². The summed E-state index contributed by atoms with van der Waals surface area (Å²) in [5.41, 5.74) is 2.36. The Balaban J connectivity index is 1.28. The van der Waals surface area contributed by atoms with Gasteiger partial charge < -0.3 is 9.80 Å². The molecule has 0 amide bonds. The van der Waals surface area contributed by atoms with Crippen molar-refractivity contribution in [1.29, 1.82) is 0 Å². The highest BCUT2D eigenvalue weighted by Gasteiger charge is 2.28. The number of anilines is 1. The van der Waals surface area contributed by atoms with E-state index in [2.05, 4.69) is 20.9 Å². The van der Waals surface area contributed by atoms with Crippen LogP contribution in [0, 0.1) is 0 Å². The van der Waals surface area contributed by atoms with Crippen LogP contribution in [0.1, 0.15) is 56.6 Å². The highest BCUT2D eigenvalue weighted by atomic mass is 32.1. The first-order valence-corrected chi connectivity index (χ1v) is 10.4. The third-order valence-corrected chi connectivity index (χ3v) is 7.00. The number of nitrogens with zero attached hydrogens (tertiary/aromatic N) is 4. The van der Waals surface area contributed by atoms with Crippen LogP contribution in [0.4, 0.5) is 5.13 Å². The van der Waals surface area contributed by atoms with E-state index in [0.29, 0.717) is 0 Å². The molecule has 5 rings (SSSR count). The maximum Gasteiger partial charge on any atom is 0.186 e. The molecule has 0 bridgehead atoms. The van der Waals surface area contributed by atoms with Crippen LogP contribution in [-0.4, -0.2) is 47.1 Å². The van der Waals surface area contributed by atoms with Crippen LogP contribution < -0.4 is 4.90 Å². The summed E-state index contributed by atoms with van der Waals surface area (Å²) in [6.07, 6.45) is 11.4. The molecule has 24 heavy (non-hydrogen) atoms. The summed E-state index contributed by atoms with van der Waals surface area (Å²) in [4.78, 5) is 14.7. The average molecular weight is 343 g/mol. The third-order valence-electron chi connectivity index (χ3n) is 5.92. The summed E-state index contributed by atoms with van der Waals surface area (Å²) in [5, 5.41) is 1.21. The first kappa shape index (κ1) is 15.1. The van der Waals surface area contributed by atoms with Crippen LogP contribution in [0.3, 0.4) is 0 Å². The zero-order valence-corrected chi connectivity index (χ0v) is 15.1. The van der Waals surface area contributed by atoms with Crippen molar-refractivity contribution in [3.8, 4) is 0 Å². The van der Waals surface area contributed by atoms with Gasteiger partial charge in [-0.05, 0) is 57.7 Å². The molecule has 128 valence electrons. The fourth-order valence-corrected chi connectivity index (χ4v) is 5.31. The minimum absolute atomic E-state index is 0.722. The topological polar surface area (TPSA) is 32.3 Å². The van der Waals surface area contributed by atoms with Crippen LogP contribution in [-0.2, 0) is 0 Å². The lowest BCUT2D eigenvalue weighted by Crippen LogP contribution is -2.46. The van der Waals surface area contributed by atoms with Crippen LogP contribution in [0.25, 0.3) is 10.2 Å². The number of hydrogen-bond acceptors (Lipinski definition) is 5. The monoisotopic (exact) mass is 342 g/mol. The quantitative estimate of drug-likeness (QED) is 0.843.